The maximum absolute atomic E-state index is 6.14. The molecule has 4 heteroatoms. The number of hydrogen-bond donors (Lipinski definition) is 1. The Morgan fingerprint density at radius 3 is 2.72 bits per heavy atom. The molecule has 2 rings (SSSR count). The van der Waals surface area contributed by atoms with Crippen LogP contribution in [0.5, 0.6) is 0 Å². The summed E-state index contributed by atoms with van der Waals surface area (Å²) in [6.45, 7) is 4.96. The van der Waals surface area contributed by atoms with Crippen molar-refractivity contribution >= 4 is 11.3 Å². The molecule has 0 aliphatic heterocycles. The van der Waals surface area contributed by atoms with Gasteiger partial charge in [0.2, 0.25) is 0 Å². The number of hydrogen-bond acceptors (Lipinski definition) is 4. The predicted molar refractivity (Wildman–Crippen MR) is 76.2 cm³/mol. The summed E-state index contributed by atoms with van der Waals surface area (Å²) in [6, 6.07) is 0.380. The Labute approximate surface area is 114 Å². The van der Waals surface area contributed by atoms with Crippen molar-refractivity contribution in [2.24, 2.45) is 0 Å². The molecule has 0 amide bonds. The third-order valence-electron chi connectivity index (χ3n) is 3.91. The first-order chi connectivity index (χ1) is 8.70. The first kappa shape index (κ1) is 14.0. The van der Waals surface area contributed by atoms with Crippen LogP contribution in [0.3, 0.4) is 0 Å². The van der Waals surface area contributed by atoms with Crippen LogP contribution in [-0.2, 0) is 11.2 Å². The topological polar surface area (TPSA) is 34.1 Å². The number of ether oxygens (including phenoxy) is 1. The van der Waals surface area contributed by atoms with Gasteiger partial charge in [0, 0.05) is 30.1 Å². The lowest BCUT2D eigenvalue weighted by Gasteiger charge is -2.37. The molecule has 102 valence electrons. The molecule has 1 saturated carbocycles. The van der Waals surface area contributed by atoms with E-state index in [1.54, 1.807) is 11.3 Å². The number of thiazole rings is 1. The highest BCUT2D eigenvalue weighted by Crippen LogP contribution is 2.37. The highest BCUT2D eigenvalue weighted by Gasteiger charge is 2.41. The number of nitrogens with zero attached hydrogens (tertiary/aromatic N) is 1. The molecule has 0 spiro atoms. The second-order valence-corrected chi connectivity index (χ2v) is 6.08. The van der Waals surface area contributed by atoms with Gasteiger partial charge >= 0.3 is 0 Å². The van der Waals surface area contributed by atoms with E-state index >= 15 is 0 Å². The SMILES string of the molecule is CCOC1(C(Cc2nc(C)cs2)NC)CCCC1. The van der Waals surface area contributed by atoms with E-state index in [1.807, 2.05) is 7.05 Å². The summed E-state index contributed by atoms with van der Waals surface area (Å²) >= 11 is 1.76. The van der Waals surface area contributed by atoms with Gasteiger partial charge in [0.25, 0.3) is 0 Å². The number of likely N-dealkylation sites (N-methyl/N-ethyl adjacent to an activating group) is 1. The Hall–Kier alpha value is -0.450. The molecule has 1 aromatic heterocycles. The molecule has 1 heterocycles. The molecule has 0 bridgehead atoms. The monoisotopic (exact) mass is 268 g/mol. The molecular weight excluding hydrogens is 244 g/mol. The van der Waals surface area contributed by atoms with Crippen LogP contribution in [0, 0.1) is 6.92 Å². The molecule has 1 unspecified atom stereocenters. The van der Waals surface area contributed by atoms with Crippen molar-refractivity contribution in [1.82, 2.24) is 10.3 Å². The van der Waals surface area contributed by atoms with Gasteiger partial charge in [-0.2, -0.15) is 0 Å². The Bertz CT molecular complexity index is 372. The van der Waals surface area contributed by atoms with Gasteiger partial charge in [-0.3, -0.25) is 0 Å². The van der Waals surface area contributed by atoms with E-state index < -0.39 is 0 Å². The third-order valence-corrected chi connectivity index (χ3v) is 4.90. The molecule has 1 N–H and O–H groups in total. The van der Waals surface area contributed by atoms with E-state index in [2.05, 4.69) is 29.5 Å². The molecule has 18 heavy (non-hydrogen) atoms. The lowest BCUT2D eigenvalue weighted by atomic mass is 9.89. The zero-order valence-corrected chi connectivity index (χ0v) is 12.5. The minimum Gasteiger partial charge on any atom is -0.374 e. The minimum absolute atomic E-state index is 0.0308. The van der Waals surface area contributed by atoms with Crippen molar-refractivity contribution in [2.45, 2.75) is 57.6 Å². The molecule has 1 atom stereocenters. The van der Waals surface area contributed by atoms with E-state index in [-0.39, 0.29) is 5.60 Å². The summed E-state index contributed by atoms with van der Waals surface area (Å²) in [6.07, 6.45) is 5.91. The fourth-order valence-electron chi connectivity index (χ4n) is 3.08. The van der Waals surface area contributed by atoms with Gasteiger partial charge in [0.1, 0.15) is 0 Å². The molecule has 1 aliphatic carbocycles. The first-order valence-corrected chi connectivity index (χ1v) is 7.80. The van der Waals surface area contributed by atoms with Gasteiger partial charge in [-0.25, -0.2) is 4.98 Å². The van der Waals surface area contributed by atoms with E-state index in [1.165, 1.54) is 30.7 Å². The highest BCUT2D eigenvalue weighted by atomic mass is 32.1. The zero-order valence-electron chi connectivity index (χ0n) is 11.7. The quantitative estimate of drug-likeness (QED) is 0.861. The molecule has 1 aliphatic rings. The number of nitrogens with one attached hydrogen (secondary N) is 1. The molecule has 0 saturated heterocycles. The van der Waals surface area contributed by atoms with Crippen LogP contribution >= 0.6 is 11.3 Å². The second-order valence-electron chi connectivity index (χ2n) is 5.13. The van der Waals surface area contributed by atoms with Crippen molar-refractivity contribution in [2.75, 3.05) is 13.7 Å². The first-order valence-electron chi connectivity index (χ1n) is 6.92. The van der Waals surface area contributed by atoms with E-state index in [4.69, 9.17) is 4.74 Å². The van der Waals surface area contributed by atoms with Crippen molar-refractivity contribution in [3.05, 3.63) is 16.1 Å². The van der Waals surface area contributed by atoms with Gasteiger partial charge in [-0.1, -0.05) is 12.8 Å². The van der Waals surface area contributed by atoms with Crippen LogP contribution in [0.15, 0.2) is 5.38 Å². The molecule has 0 radical (unpaired) electrons. The molecule has 0 aromatic carbocycles. The average molecular weight is 268 g/mol. The molecular formula is C14H24N2OS. The lowest BCUT2D eigenvalue weighted by molar-refractivity contribution is -0.0597. The van der Waals surface area contributed by atoms with Crippen LogP contribution < -0.4 is 5.32 Å². The van der Waals surface area contributed by atoms with Gasteiger partial charge in [0.15, 0.2) is 0 Å². The summed E-state index contributed by atoms with van der Waals surface area (Å²) < 4.78 is 6.14. The number of rotatable bonds is 6. The minimum atomic E-state index is 0.0308. The molecule has 1 aromatic rings. The van der Waals surface area contributed by atoms with Crippen molar-refractivity contribution < 1.29 is 4.74 Å². The van der Waals surface area contributed by atoms with Gasteiger partial charge in [-0.05, 0) is 33.7 Å². The Morgan fingerprint density at radius 2 is 2.22 bits per heavy atom. The largest absolute Gasteiger partial charge is 0.374 e. The lowest BCUT2D eigenvalue weighted by Crippen LogP contribution is -2.51. The summed E-state index contributed by atoms with van der Waals surface area (Å²) in [5.41, 5.74) is 1.16. The van der Waals surface area contributed by atoms with Crippen LogP contribution in [0.1, 0.15) is 43.3 Å². The fraction of sp³-hybridized carbons (Fsp3) is 0.786. The van der Waals surface area contributed by atoms with Gasteiger partial charge in [0.05, 0.1) is 10.6 Å². The van der Waals surface area contributed by atoms with E-state index in [0.29, 0.717) is 6.04 Å². The van der Waals surface area contributed by atoms with Crippen molar-refractivity contribution in [3.63, 3.8) is 0 Å². The number of aromatic nitrogens is 1. The highest BCUT2D eigenvalue weighted by molar-refractivity contribution is 7.09. The summed E-state index contributed by atoms with van der Waals surface area (Å²) in [4.78, 5) is 4.58. The van der Waals surface area contributed by atoms with Gasteiger partial charge in [-0.15, -0.1) is 11.3 Å². The van der Waals surface area contributed by atoms with E-state index in [9.17, 15) is 0 Å². The summed E-state index contributed by atoms with van der Waals surface area (Å²) in [7, 11) is 2.05. The Kier molecular flexibility index (Phi) is 4.76. The van der Waals surface area contributed by atoms with Crippen molar-refractivity contribution in [3.8, 4) is 0 Å². The maximum atomic E-state index is 6.14. The van der Waals surface area contributed by atoms with Crippen LogP contribution in [0.2, 0.25) is 0 Å². The zero-order chi connectivity index (χ0) is 13.0. The fourth-order valence-corrected chi connectivity index (χ4v) is 3.90. The number of aryl methyl sites for hydroxylation is 1. The van der Waals surface area contributed by atoms with Crippen LogP contribution in [-0.4, -0.2) is 30.3 Å². The molecule has 1 fully saturated rings. The smallest absolute Gasteiger partial charge is 0.0944 e. The summed E-state index contributed by atoms with van der Waals surface area (Å²) in [5.74, 6) is 0. The van der Waals surface area contributed by atoms with Gasteiger partial charge < -0.3 is 10.1 Å². The third kappa shape index (κ3) is 2.92. The predicted octanol–water partition coefficient (Wildman–Crippen LogP) is 2.93. The summed E-state index contributed by atoms with van der Waals surface area (Å²) in [5, 5.41) is 6.82. The van der Waals surface area contributed by atoms with E-state index in [0.717, 1.165) is 18.7 Å². The second kappa shape index (κ2) is 6.13. The average Bonchev–Trinajstić information content (AvgIpc) is 2.97. The standard InChI is InChI=1S/C14H24N2OS/c1-4-17-14(7-5-6-8-14)12(15-3)9-13-16-11(2)10-18-13/h10,12,15H,4-9H2,1-3H3. The normalized spacial score (nSPS) is 20.2. The molecule has 3 nitrogen and oxygen atoms in total. The Morgan fingerprint density at radius 1 is 1.50 bits per heavy atom. The van der Waals surface area contributed by atoms with Crippen LogP contribution in [0.25, 0.3) is 0 Å². The maximum Gasteiger partial charge on any atom is 0.0944 e. The Balaban J connectivity index is 2.10. The van der Waals surface area contributed by atoms with Crippen molar-refractivity contribution in [1.29, 1.82) is 0 Å². The van der Waals surface area contributed by atoms with Crippen LogP contribution in [0.4, 0.5) is 0 Å².